The molecule has 4 rings (SSSR count). The summed E-state index contributed by atoms with van der Waals surface area (Å²) >= 11 is 0. The van der Waals surface area contributed by atoms with Crippen molar-refractivity contribution in [3.63, 3.8) is 0 Å². The smallest absolute Gasteiger partial charge is 0.265 e. The van der Waals surface area contributed by atoms with Gasteiger partial charge in [0.1, 0.15) is 0 Å². The highest BCUT2D eigenvalue weighted by Gasteiger charge is 2.20. The lowest BCUT2D eigenvalue weighted by molar-refractivity contribution is -0.122. The Bertz CT molecular complexity index is 1290. The van der Waals surface area contributed by atoms with E-state index in [0.717, 1.165) is 22.2 Å². The number of fused-ring (bicyclic) bond motifs is 1. The minimum atomic E-state index is -0.787. The van der Waals surface area contributed by atoms with Crippen LogP contribution in [0.4, 0.5) is 5.69 Å². The van der Waals surface area contributed by atoms with Crippen molar-refractivity contribution in [2.75, 3.05) is 5.32 Å². The molecule has 0 unspecified atom stereocenters. The number of amides is 1. The SMILES string of the molecule is CC(=O)c1ccc(NC(=O)[C@H](C)Oc2cc(-c3ccccc3)c3c(C)nn(C)c3n2)cc1. The van der Waals surface area contributed by atoms with Gasteiger partial charge in [0, 0.05) is 24.4 Å². The third-order valence-corrected chi connectivity index (χ3v) is 5.26. The number of aromatic nitrogens is 3. The molecule has 0 fully saturated rings. The van der Waals surface area contributed by atoms with E-state index < -0.39 is 6.10 Å². The second-order valence-corrected chi connectivity index (χ2v) is 7.66. The molecular weight excluding hydrogens is 404 g/mol. The molecule has 0 bridgehead atoms. The van der Waals surface area contributed by atoms with Crippen molar-refractivity contribution in [2.45, 2.75) is 26.9 Å². The van der Waals surface area contributed by atoms with Crippen LogP contribution < -0.4 is 10.1 Å². The number of hydrogen-bond donors (Lipinski definition) is 1. The number of ketones is 1. The highest BCUT2D eigenvalue weighted by atomic mass is 16.5. The van der Waals surface area contributed by atoms with Crippen molar-refractivity contribution in [3.05, 3.63) is 71.9 Å². The number of benzene rings is 2. The summed E-state index contributed by atoms with van der Waals surface area (Å²) in [6, 6.07) is 18.5. The average Bonchev–Trinajstić information content (AvgIpc) is 3.07. The van der Waals surface area contributed by atoms with Gasteiger partial charge >= 0.3 is 0 Å². The van der Waals surface area contributed by atoms with Crippen LogP contribution in [0.25, 0.3) is 22.2 Å². The minimum absolute atomic E-state index is 0.0272. The van der Waals surface area contributed by atoms with Crippen molar-refractivity contribution >= 4 is 28.4 Å². The zero-order valence-corrected chi connectivity index (χ0v) is 18.4. The molecule has 0 saturated carbocycles. The number of Topliss-reactive ketones (excluding diaryl/α,β-unsaturated/α-hetero) is 1. The van der Waals surface area contributed by atoms with Crippen LogP contribution in [0, 0.1) is 6.92 Å². The Balaban J connectivity index is 1.60. The van der Waals surface area contributed by atoms with Gasteiger partial charge in [-0.25, -0.2) is 0 Å². The molecule has 2 aromatic carbocycles. The lowest BCUT2D eigenvalue weighted by atomic mass is 10.0. The molecule has 7 heteroatoms. The molecule has 2 heterocycles. The average molecular weight is 428 g/mol. The third kappa shape index (κ3) is 4.23. The molecular formula is C25H24N4O3. The molecule has 1 atom stereocenters. The van der Waals surface area contributed by atoms with Crippen molar-refractivity contribution in [2.24, 2.45) is 7.05 Å². The quantitative estimate of drug-likeness (QED) is 0.455. The normalized spacial score (nSPS) is 11.9. The van der Waals surface area contributed by atoms with E-state index in [9.17, 15) is 9.59 Å². The third-order valence-electron chi connectivity index (χ3n) is 5.26. The molecule has 32 heavy (non-hydrogen) atoms. The van der Waals surface area contributed by atoms with Gasteiger partial charge in [0.05, 0.1) is 11.1 Å². The first-order valence-corrected chi connectivity index (χ1v) is 10.3. The molecule has 2 aromatic heterocycles. The molecule has 0 aliphatic heterocycles. The van der Waals surface area contributed by atoms with Crippen LogP contribution in [0.2, 0.25) is 0 Å². The first kappa shape index (κ1) is 21.2. The summed E-state index contributed by atoms with van der Waals surface area (Å²) in [6.07, 6.45) is -0.787. The predicted molar refractivity (Wildman–Crippen MR) is 124 cm³/mol. The summed E-state index contributed by atoms with van der Waals surface area (Å²) in [5.74, 6) is -0.000447. The summed E-state index contributed by atoms with van der Waals surface area (Å²) in [5.41, 5.74) is 4.70. The molecule has 1 N–H and O–H groups in total. The van der Waals surface area contributed by atoms with Gasteiger partial charge in [-0.05, 0) is 56.2 Å². The van der Waals surface area contributed by atoms with Gasteiger partial charge < -0.3 is 10.1 Å². The Morgan fingerprint density at radius 2 is 1.75 bits per heavy atom. The Morgan fingerprint density at radius 3 is 2.41 bits per heavy atom. The topological polar surface area (TPSA) is 86.1 Å². The molecule has 0 aliphatic carbocycles. The van der Waals surface area contributed by atoms with E-state index in [4.69, 9.17) is 4.74 Å². The van der Waals surface area contributed by atoms with Gasteiger partial charge in [-0.1, -0.05) is 30.3 Å². The van der Waals surface area contributed by atoms with E-state index in [1.54, 1.807) is 35.9 Å². The number of ether oxygens (including phenoxy) is 1. The summed E-state index contributed by atoms with van der Waals surface area (Å²) in [6.45, 7) is 5.12. The maximum atomic E-state index is 12.7. The summed E-state index contributed by atoms with van der Waals surface area (Å²) in [4.78, 5) is 28.7. The zero-order chi connectivity index (χ0) is 22.8. The molecule has 0 radical (unpaired) electrons. The number of rotatable bonds is 6. The zero-order valence-electron chi connectivity index (χ0n) is 18.4. The molecule has 0 saturated heterocycles. The van der Waals surface area contributed by atoms with Crippen molar-refractivity contribution < 1.29 is 14.3 Å². The predicted octanol–water partition coefficient (Wildman–Crippen LogP) is 4.55. The number of carbonyl (C=O) groups excluding carboxylic acids is 2. The molecule has 7 nitrogen and oxygen atoms in total. The number of hydrogen-bond acceptors (Lipinski definition) is 5. The van der Waals surface area contributed by atoms with Gasteiger partial charge in [0.25, 0.3) is 5.91 Å². The fourth-order valence-corrected chi connectivity index (χ4v) is 3.59. The fraction of sp³-hybridized carbons (Fsp3) is 0.200. The maximum Gasteiger partial charge on any atom is 0.265 e. The summed E-state index contributed by atoms with van der Waals surface area (Å²) < 4.78 is 7.64. The standard InChI is InChI=1S/C25H24N4O3/c1-15-23-21(19-8-6-5-7-9-19)14-22(27-24(23)29(4)28-15)32-17(3)25(31)26-20-12-10-18(11-13-20)16(2)30/h5-14,17H,1-4H3,(H,26,31)/t17-/m0/s1. The lowest BCUT2D eigenvalue weighted by Gasteiger charge is -2.15. The highest BCUT2D eigenvalue weighted by Crippen LogP contribution is 2.33. The van der Waals surface area contributed by atoms with Gasteiger partial charge in [-0.2, -0.15) is 10.1 Å². The van der Waals surface area contributed by atoms with Gasteiger partial charge in [-0.3, -0.25) is 14.3 Å². The van der Waals surface area contributed by atoms with E-state index >= 15 is 0 Å². The number of carbonyl (C=O) groups is 2. The second kappa shape index (κ2) is 8.63. The van der Waals surface area contributed by atoms with Crippen molar-refractivity contribution in [1.82, 2.24) is 14.8 Å². The van der Waals surface area contributed by atoms with Crippen molar-refractivity contribution in [1.29, 1.82) is 0 Å². The van der Waals surface area contributed by atoms with Crippen LogP contribution in [0.5, 0.6) is 5.88 Å². The molecule has 4 aromatic rings. The molecule has 0 aliphatic rings. The van der Waals surface area contributed by atoms with Gasteiger partial charge in [0.2, 0.25) is 5.88 Å². The van der Waals surface area contributed by atoms with E-state index in [1.807, 2.05) is 50.4 Å². The van der Waals surface area contributed by atoms with Gasteiger partial charge in [-0.15, -0.1) is 0 Å². The number of nitrogens with zero attached hydrogens (tertiary/aromatic N) is 3. The van der Waals surface area contributed by atoms with Crippen LogP contribution in [0.1, 0.15) is 29.9 Å². The van der Waals surface area contributed by atoms with Gasteiger partial charge in [0.15, 0.2) is 17.5 Å². The van der Waals surface area contributed by atoms with E-state index in [2.05, 4.69) is 15.4 Å². The largest absolute Gasteiger partial charge is 0.464 e. The Morgan fingerprint density at radius 1 is 1.06 bits per heavy atom. The molecule has 0 spiro atoms. The Kier molecular flexibility index (Phi) is 5.73. The van der Waals surface area contributed by atoms with E-state index in [-0.39, 0.29) is 11.7 Å². The Hall–Kier alpha value is -4.00. The number of anilines is 1. The van der Waals surface area contributed by atoms with Crippen LogP contribution >= 0.6 is 0 Å². The van der Waals surface area contributed by atoms with Crippen LogP contribution in [0.15, 0.2) is 60.7 Å². The molecule has 162 valence electrons. The maximum absolute atomic E-state index is 12.7. The monoisotopic (exact) mass is 428 g/mol. The number of nitrogens with one attached hydrogen (secondary N) is 1. The second-order valence-electron chi connectivity index (χ2n) is 7.66. The number of aryl methyl sites for hydroxylation is 2. The summed E-state index contributed by atoms with van der Waals surface area (Å²) in [5, 5.41) is 8.26. The van der Waals surface area contributed by atoms with Crippen LogP contribution in [0.3, 0.4) is 0 Å². The fourth-order valence-electron chi connectivity index (χ4n) is 3.59. The van der Waals surface area contributed by atoms with Crippen molar-refractivity contribution in [3.8, 4) is 17.0 Å². The number of pyridine rings is 1. The lowest BCUT2D eigenvalue weighted by Crippen LogP contribution is -2.30. The summed E-state index contributed by atoms with van der Waals surface area (Å²) in [7, 11) is 1.84. The minimum Gasteiger partial charge on any atom is -0.464 e. The van der Waals surface area contributed by atoms with Crippen LogP contribution in [-0.4, -0.2) is 32.6 Å². The van der Waals surface area contributed by atoms with E-state index in [1.165, 1.54) is 6.92 Å². The van der Waals surface area contributed by atoms with Crippen LogP contribution in [-0.2, 0) is 11.8 Å². The highest BCUT2D eigenvalue weighted by molar-refractivity contribution is 5.97. The van der Waals surface area contributed by atoms with E-state index in [0.29, 0.717) is 22.8 Å². The first-order valence-electron chi connectivity index (χ1n) is 10.3. The molecule has 1 amide bonds. The Labute approximate surface area is 186 Å². The first-order chi connectivity index (χ1) is 15.3.